The van der Waals surface area contributed by atoms with Gasteiger partial charge in [0.1, 0.15) is 12.2 Å². The van der Waals surface area contributed by atoms with E-state index in [2.05, 4.69) is 25.7 Å². The van der Waals surface area contributed by atoms with Gasteiger partial charge in [0.25, 0.3) is 0 Å². The second-order valence-corrected chi connectivity index (χ2v) is 10.2. The van der Waals surface area contributed by atoms with Crippen LogP contribution in [0.5, 0.6) is 0 Å². The maximum absolute atomic E-state index is 12.5. The number of halogens is 2. The summed E-state index contributed by atoms with van der Waals surface area (Å²) in [7, 11) is -2.46. The van der Waals surface area contributed by atoms with Crippen molar-refractivity contribution in [3.8, 4) is 0 Å². The average molecular weight is 425 g/mol. The third kappa shape index (κ3) is 5.01. The molecule has 27 heavy (non-hydrogen) atoms. The van der Waals surface area contributed by atoms with Gasteiger partial charge in [0, 0.05) is 17.4 Å². The summed E-state index contributed by atoms with van der Waals surface area (Å²) in [6, 6.07) is 7.40. The Morgan fingerprint density at radius 3 is 2.70 bits per heavy atom. The van der Waals surface area contributed by atoms with Crippen LogP contribution >= 0.6 is 30.3 Å². The van der Waals surface area contributed by atoms with Crippen LogP contribution in [0.15, 0.2) is 42.9 Å². The fraction of sp³-hybridized carbons (Fsp3) is 0.235. The number of alkyl halides is 1. The fourth-order valence-corrected chi connectivity index (χ4v) is 3.92. The van der Waals surface area contributed by atoms with Crippen molar-refractivity contribution in [2.75, 3.05) is 29.8 Å². The molecule has 0 spiro atoms. The fourth-order valence-electron chi connectivity index (χ4n) is 2.46. The Kier molecular flexibility index (Phi) is 6.05. The molecule has 3 aromatic rings. The van der Waals surface area contributed by atoms with Crippen molar-refractivity contribution in [3.05, 3.63) is 47.9 Å². The average Bonchev–Trinajstić information content (AvgIpc) is 3.05. The molecule has 0 aliphatic rings. The lowest BCUT2D eigenvalue weighted by Gasteiger charge is -2.15. The Labute approximate surface area is 167 Å². The molecule has 0 amide bonds. The van der Waals surface area contributed by atoms with Gasteiger partial charge in [-0.2, -0.15) is 10.1 Å². The van der Waals surface area contributed by atoms with Crippen molar-refractivity contribution in [2.24, 2.45) is 0 Å². The zero-order valence-corrected chi connectivity index (χ0v) is 17.3. The molecular weight excluding hydrogens is 406 g/mol. The standard InChI is InChI=1S/C17H19Cl2N6OP/c1-27(2,26)15-6-4-3-5-14(15)23-16-13(19)10-20-17(24-16)22-12-9-21-25(11-12)8-7-18/h3-6,9-11H,7-8H2,1-2H3,(H2,20,22,23,24). The van der Waals surface area contributed by atoms with Gasteiger partial charge >= 0.3 is 0 Å². The minimum atomic E-state index is -2.46. The van der Waals surface area contributed by atoms with Gasteiger partial charge in [-0.25, -0.2) is 4.98 Å². The van der Waals surface area contributed by atoms with Crippen LogP contribution in [-0.4, -0.2) is 39.0 Å². The van der Waals surface area contributed by atoms with Crippen LogP contribution in [0.1, 0.15) is 0 Å². The van der Waals surface area contributed by atoms with E-state index in [4.69, 9.17) is 23.2 Å². The topological polar surface area (TPSA) is 84.7 Å². The molecule has 142 valence electrons. The van der Waals surface area contributed by atoms with E-state index in [1.54, 1.807) is 24.2 Å². The molecule has 0 aliphatic heterocycles. The molecule has 0 saturated carbocycles. The first-order chi connectivity index (χ1) is 12.9. The summed E-state index contributed by atoms with van der Waals surface area (Å²) in [5, 5.41) is 11.5. The summed E-state index contributed by atoms with van der Waals surface area (Å²) in [6.07, 6.45) is 4.98. The zero-order chi connectivity index (χ0) is 19.4. The van der Waals surface area contributed by atoms with E-state index in [9.17, 15) is 4.57 Å². The predicted molar refractivity (Wildman–Crippen MR) is 112 cm³/mol. The van der Waals surface area contributed by atoms with Gasteiger partial charge in [-0.15, -0.1) is 11.6 Å². The molecule has 2 heterocycles. The number of hydrogen-bond donors (Lipinski definition) is 2. The normalized spacial score (nSPS) is 11.4. The SMILES string of the molecule is CP(C)(=O)c1ccccc1Nc1nc(Nc2cnn(CCCl)c2)ncc1Cl. The Morgan fingerprint density at radius 2 is 1.96 bits per heavy atom. The molecule has 0 aliphatic carbocycles. The van der Waals surface area contributed by atoms with Crippen molar-refractivity contribution in [3.63, 3.8) is 0 Å². The smallest absolute Gasteiger partial charge is 0.229 e. The number of aryl methyl sites for hydroxylation is 1. The molecule has 2 N–H and O–H groups in total. The first kappa shape index (κ1) is 19.7. The molecule has 2 aromatic heterocycles. The van der Waals surface area contributed by atoms with Crippen molar-refractivity contribution < 1.29 is 4.57 Å². The van der Waals surface area contributed by atoms with E-state index in [0.717, 1.165) is 11.0 Å². The summed E-state index contributed by atoms with van der Waals surface area (Å²) in [5.74, 6) is 1.26. The largest absolute Gasteiger partial charge is 0.338 e. The molecule has 0 saturated heterocycles. The van der Waals surface area contributed by atoms with E-state index in [0.29, 0.717) is 34.9 Å². The summed E-state index contributed by atoms with van der Waals surface area (Å²) in [4.78, 5) is 8.61. The lowest BCUT2D eigenvalue weighted by molar-refractivity contribution is 0.588. The number of anilines is 4. The van der Waals surface area contributed by atoms with Crippen molar-refractivity contribution >= 4 is 58.8 Å². The molecule has 1 aromatic carbocycles. The van der Waals surface area contributed by atoms with E-state index in [-0.39, 0.29) is 0 Å². The molecular formula is C17H19Cl2N6OP. The van der Waals surface area contributed by atoms with E-state index < -0.39 is 7.14 Å². The van der Waals surface area contributed by atoms with Gasteiger partial charge in [-0.05, 0) is 25.5 Å². The van der Waals surface area contributed by atoms with Gasteiger partial charge in [-0.3, -0.25) is 4.68 Å². The maximum Gasteiger partial charge on any atom is 0.229 e. The second kappa shape index (κ2) is 8.30. The first-order valence-corrected chi connectivity index (χ1v) is 11.7. The molecule has 7 nitrogen and oxygen atoms in total. The van der Waals surface area contributed by atoms with Crippen molar-refractivity contribution in [2.45, 2.75) is 6.54 Å². The number of nitrogens with one attached hydrogen (secondary N) is 2. The summed E-state index contributed by atoms with van der Waals surface area (Å²) >= 11 is 12.0. The highest BCUT2D eigenvalue weighted by atomic mass is 35.5. The number of rotatable bonds is 7. The van der Waals surface area contributed by atoms with Gasteiger partial charge in [0.05, 0.1) is 30.3 Å². The number of hydrogen-bond acceptors (Lipinski definition) is 6. The predicted octanol–water partition coefficient (Wildman–Crippen LogP) is 4.30. The molecule has 0 unspecified atom stereocenters. The highest BCUT2D eigenvalue weighted by molar-refractivity contribution is 7.70. The van der Waals surface area contributed by atoms with E-state index in [1.807, 2.05) is 30.5 Å². The maximum atomic E-state index is 12.5. The monoisotopic (exact) mass is 424 g/mol. The Balaban J connectivity index is 1.85. The second-order valence-electron chi connectivity index (χ2n) is 6.19. The van der Waals surface area contributed by atoms with Crippen LogP contribution in [0, 0.1) is 0 Å². The van der Waals surface area contributed by atoms with E-state index >= 15 is 0 Å². The third-order valence-corrected chi connectivity index (χ3v) is 5.68. The molecule has 0 atom stereocenters. The highest BCUT2D eigenvalue weighted by Crippen LogP contribution is 2.38. The van der Waals surface area contributed by atoms with Crippen molar-refractivity contribution in [1.82, 2.24) is 19.7 Å². The quantitative estimate of drug-likeness (QED) is 0.434. The lowest BCUT2D eigenvalue weighted by Crippen LogP contribution is -2.10. The zero-order valence-electron chi connectivity index (χ0n) is 14.9. The minimum absolute atomic E-state index is 0.357. The number of aromatic nitrogens is 4. The van der Waals surface area contributed by atoms with Crippen LogP contribution in [0.4, 0.5) is 23.1 Å². The summed E-state index contributed by atoms with van der Waals surface area (Å²) in [6.45, 7) is 4.06. The van der Waals surface area contributed by atoms with Gasteiger partial charge in [-0.1, -0.05) is 23.7 Å². The van der Waals surface area contributed by atoms with Gasteiger partial charge < -0.3 is 15.2 Å². The van der Waals surface area contributed by atoms with Crippen LogP contribution in [0.25, 0.3) is 0 Å². The van der Waals surface area contributed by atoms with Crippen LogP contribution in [0.2, 0.25) is 5.02 Å². The number of nitrogens with zero attached hydrogens (tertiary/aromatic N) is 4. The lowest BCUT2D eigenvalue weighted by atomic mass is 10.3. The number of benzene rings is 1. The van der Waals surface area contributed by atoms with Gasteiger partial charge in [0.2, 0.25) is 5.95 Å². The first-order valence-electron chi connectivity index (χ1n) is 8.16. The van der Waals surface area contributed by atoms with E-state index in [1.165, 1.54) is 6.20 Å². The molecule has 0 bridgehead atoms. The van der Waals surface area contributed by atoms with Crippen LogP contribution < -0.4 is 15.9 Å². The molecule has 0 fully saturated rings. The molecule has 3 rings (SSSR count). The Bertz CT molecular complexity index is 987. The van der Waals surface area contributed by atoms with Gasteiger partial charge in [0.15, 0.2) is 5.82 Å². The molecule has 10 heteroatoms. The van der Waals surface area contributed by atoms with Crippen molar-refractivity contribution in [1.29, 1.82) is 0 Å². The summed E-state index contributed by atoms with van der Waals surface area (Å²) in [5.41, 5.74) is 1.44. The minimum Gasteiger partial charge on any atom is -0.338 e. The number of para-hydroxylation sites is 1. The summed E-state index contributed by atoms with van der Waals surface area (Å²) < 4.78 is 14.3. The third-order valence-electron chi connectivity index (χ3n) is 3.68. The highest BCUT2D eigenvalue weighted by Gasteiger charge is 2.17. The Morgan fingerprint density at radius 1 is 1.19 bits per heavy atom. The van der Waals surface area contributed by atoms with Crippen LogP contribution in [0.3, 0.4) is 0 Å². The molecule has 0 radical (unpaired) electrons. The van der Waals surface area contributed by atoms with Crippen LogP contribution in [-0.2, 0) is 11.1 Å². The Hall–Kier alpha value is -2.08.